The van der Waals surface area contributed by atoms with Gasteiger partial charge in [-0.05, 0) is 49.2 Å². The van der Waals surface area contributed by atoms with Crippen molar-refractivity contribution in [3.63, 3.8) is 0 Å². The Bertz CT molecular complexity index is 1060. The van der Waals surface area contributed by atoms with Crippen LogP contribution in [0.25, 0.3) is 11.1 Å². The van der Waals surface area contributed by atoms with Gasteiger partial charge in [0.2, 0.25) is 0 Å². The van der Waals surface area contributed by atoms with Crippen LogP contribution in [0.1, 0.15) is 22.3 Å². The van der Waals surface area contributed by atoms with Gasteiger partial charge in [0.05, 0.1) is 0 Å². The zero-order valence-electron chi connectivity index (χ0n) is 16.6. The van der Waals surface area contributed by atoms with Crippen molar-refractivity contribution in [2.24, 2.45) is 0 Å². The van der Waals surface area contributed by atoms with Gasteiger partial charge in [-0.3, -0.25) is 0 Å². The minimum absolute atomic E-state index is 0.772. The van der Waals surface area contributed by atoms with E-state index in [1.807, 2.05) is 36.4 Å². The predicted molar refractivity (Wildman–Crippen MR) is 116 cm³/mol. The highest BCUT2D eigenvalue weighted by molar-refractivity contribution is 5.79. The molecule has 5 rings (SSSR count). The lowest BCUT2D eigenvalue weighted by Crippen LogP contribution is -2.39. The van der Waals surface area contributed by atoms with Crippen molar-refractivity contribution < 1.29 is 9.47 Å². The summed E-state index contributed by atoms with van der Waals surface area (Å²) in [6.45, 7) is 4.14. The summed E-state index contributed by atoms with van der Waals surface area (Å²) in [5, 5.41) is 0. The summed E-state index contributed by atoms with van der Waals surface area (Å²) >= 11 is 0. The quantitative estimate of drug-likeness (QED) is 0.370. The second-order valence-electron chi connectivity index (χ2n) is 7.54. The average Bonchev–Trinajstić information content (AvgIpc) is 3.02. The molecule has 0 unspecified atom stereocenters. The molecule has 0 aliphatic heterocycles. The molecule has 0 saturated heterocycles. The lowest BCUT2D eigenvalue weighted by Gasteiger charge is -2.33. The van der Waals surface area contributed by atoms with E-state index >= 15 is 0 Å². The first kappa shape index (κ1) is 17.6. The number of hydrogen-bond acceptors (Lipinski definition) is 2. The molecule has 0 saturated carbocycles. The third kappa shape index (κ3) is 2.98. The average molecular weight is 378 g/mol. The van der Waals surface area contributed by atoms with Gasteiger partial charge < -0.3 is 9.47 Å². The van der Waals surface area contributed by atoms with E-state index in [0.717, 1.165) is 33.8 Å². The molecular formula is C27H22O2. The smallest absolute Gasteiger partial charge is 0.306 e. The van der Waals surface area contributed by atoms with E-state index in [2.05, 4.69) is 74.5 Å². The molecule has 0 spiro atoms. The molecule has 0 radical (unpaired) electrons. The molecule has 4 aromatic rings. The van der Waals surface area contributed by atoms with Crippen molar-refractivity contribution >= 4 is 0 Å². The molecule has 0 bridgehead atoms. The van der Waals surface area contributed by atoms with Crippen LogP contribution in [0.3, 0.4) is 0 Å². The first-order valence-corrected chi connectivity index (χ1v) is 9.86. The molecule has 0 atom stereocenters. The molecule has 29 heavy (non-hydrogen) atoms. The molecule has 2 nitrogen and oxygen atoms in total. The van der Waals surface area contributed by atoms with Crippen LogP contribution >= 0.6 is 0 Å². The summed E-state index contributed by atoms with van der Waals surface area (Å²) in [6.07, 6.45) is 0. The van der Waals surface area contributed by atoms with Crippen LogP contribution in [0.5, 0.6) is 11.5 Å². The molecule has 1 aliphatic rings. The highest BCUT2D eigenvalue weighted by atomic mass is 16.7. The Morgan fingerprint density at radius 3 is 1.28 bits per heavy atom. The second kappa shape index (κ2) is 6.82. The summed E-state index contributed by atoms with van der Waals surface area (Å²) < 4.78 is 13.4. The second-order valence-corrected chi connectivity index (χ2v) is 7.54. The topological polar surface area (TPSA) is 18.5 Å². The molecule has 1 aliphatic carbocycles. The van der Waals surface area contributed by atoms with Gasteiger partial charge in [-0.25, -0.2) is 0 Å². The van der Waals surface area contributed by atoms with Crippen molar-refractivity contribution in [1.29, 1.82) is 0 Å². The van der Waals surface area contributed by atoms with Gasteiger partial charge in [-0.15, -0.1) is 0 Å². The predicted octanol–water partition coefficient (Wildman–Crippen LogP) is 6.64. The highest BCUT2D eigenvalue weighted by Crippen LogP contribution is 2.50. The van der Waals surface area contributed by atoms with E-state index in [4.69, 9.17) is 9.47 Å². The zero-order chi connectivity index (χ0) is 19.8. The summed E-state index contributed by atoms with van der Waals surface area (Å²) in [4.78, 5) is 0. The lowest BCUT2D eigenvalue weighted by molar-refractivity contribution is -0.0806. The molecular weight excluding hydrogens is 356 g/mol. The standard InChI is InChI=1S/C27H22O2/c1-19-11-15-21(16-12-19)28-27(29-22-17-13-20(2)14-18-22)25-9-5-3-7-23(25)24-8-4-6-10-26(24)27/h3-18H,1-2H3. The van der Waals surface area contributed by atoms with E-state index in [9.17, 15) is 0 Å². The Labute approximate surface area is 171 Å². The zero-order valence-corrected chi connectivity index (χ0v) is 16.6. The minimum Gasteiger partial charge on any atom is -0.444 e. The summed E-state index contributed by atoms with van der Waals surface area (Å²) in [5.74, 6) is 0.501. The third-order valence-electron chi connectivity index (χ3n) is 5.42. The van der Waals surface area contributed by atoms with E-state index < -0.39 is 5.79 Å². The van der Waals surface area contributed by atoms with Crippen molar-refractivity contribution in [2.45, 2.75) is 19.6 Å². The molecule has 0 amide bonds. The van der Waals surface area contributed by atoms with Crippen molar-refractivity contribution in [3.05, 3.63) is 119 Å². The summed E-state index contributed by atoms with van der Waals surface area (Å²) in [6, 6.07) is 32.9. The Kier molecular flexibility index (Phi) is 4.13. The first-order chi connectivity index (χ1) is 14.2. The van der Waals surface area contributed by atoms with E-state index in [0.29, 0.717) is 0 Å². The Morgan fingerprint density at radius 2 is 0.862 bits per heavy atom. The maximum absolute atomic E-state index is 6.68. The van der Waals surface area contributed by atoms with Crippen molar-refractivity contribution in [2.75, 3.05) is 0 Å². The molecule has 0 fully saturated rings. The van der Waals surface area contributed by atoms with E-state index in [1.165, 1.54) is 11.1 Å². The van der Waals surface area contributed by atoms with Gasteiger partial charge in [0.1, 0.15) is 11.5 Å². The fraction of sp³-hybridized carbons (Fsp3) is 0.111. The number of benzene rings is 4. The fourth-order valence-electron chi connectivity index (χ4n) is 3.94. The number of rotatable bonds is 4. The third-order valence-corrected chi connectivity index (χ3v) is 5.42. The highest BCUT2D eigenvalue weighted by Gasteiger charge is 2.48. The Balaban J connectivity index is 1.71. The Morgan fingerprint density at radius 1 is 0.483 bits per heavy atom. The Hall–Kier alpha value is -3.52. The first-order valence-electron chi connectivity index (χ1n) is 9.86. The van der Waals surface area contributed by atoms with Crippen LogP contribution in [0.2, 0.25) is 0 Å². The van der Waals surface area contributed by atoms with Gasteiger partial charge in [0.25, 0.3) is 0 Å². The number of hydrogen-bond donors (Lipinski definition) is 0. The maximum Gasteiger partial charge on any atom is 0.306 e. The van der Waals surface area contributed by atoms with Crippen LogP contribution in [0.4, 0.5) is 0 Å². The molecule has 0 N–H and O–H groups in total. The van der Waals surface area contributed by atoms with Crippen LogP contribution in [-0.4, -0.2) is 0 Å². The maximum atomic E-state index is 6.68. The SMILES string of the molecule is Cc1ccc(OC2(Oc3ccc(C)cc3)c3ccccc3-c3ccccc32)cc1. The normalized spacial score (nSPS) is 13.4. The number of ether oxygens (including phenoxy) is 2. The van der Waals surface area contributed by atoms with E-state index in [-0.39, 0.29) is 0 Å². The molecule has 4 aromatic carbocycles. The number of fused-ring (bicyclic) bond motifs is 3. The van der Waals surface area contributed by atoms with Crippen LogP contribution in [0.15, 0.2) is 97.1 Å². The van der Waals surface area contributed by atoms with Gasteiger partial charge in [0, 0.05) is 11.1 Å². The summed E-state index contributed by atoms with van der Waals surface area (Å²) in [5.41, 5.74) is 6.70. The molecule has 142 valence electrons. The van der Waals surface area contributed by atoms with Gasteiger partial charge in [0.15, 0.2) is 0 Å². The van der Waals surface area contributed by atoms with Crippen LogP contribution in [-0.2, 0) is 5.79 Å². The van der Waals surface area contributed by atoms with Crippen molar-refractivity contribution in [1.82, 2.24) is 0 Å². The van der Waals surface area contributed by atoms with Gasteiger partial charge >= 0.3 is 5.79 Å². The molecule has 0 heterocycles. The monoisotopic (exact) mass is 378 g/mol. The number of aryl methyl sites for hydroxylation is 2. The molecule has 2 heteroatoms. The lowest BCUT2D eigenvalue weighted by atomic mass is 10.0. The van der Waals surface area contributed by atoms with Crippen LogP contribution in [0, 0.1) is 13.8 Å². The fourth-order valence-corrected chi connectivity index (χ4v) is 3.94. The largest absolute Gasteiger partial charge is 0.444 e. The minimum atomic E-state index is -1.04. The molecule has 0 aromatic heterocycles. The van der Waals surface area contributed by atoms with Gasteiger partial charge in [-0.1, -0.05) is 83.9 Å². The van der Waals surface area contributed by atoms with E-state index in [1.54, 1.807) is 0 Å². The van der Waals surface area contributed by atoms with Crippen molar-refractivity contribution in [3.8, 4) is 22.6 Å². The van der Waals surface area contributed by atoms with Crippen LogP contribution < -0.4 is 9.47 Å². The van der Waals surface area contributed by atoms with Gasteiger partial charge in [-0.2, -0.15) is 0 Å². The summed E-state index contributed by atoms with van der Waals surface area (Å²) in [7, 11) is 0.